The molecule has 0 amide bonds. The van der Waals surface area contributed by atoms with Gasteiger partial charge in [0.2, 0.25) is 0 Å². The van der Waals surface area contributed by atoms with Gasteiger partial charge in [-0.2, -0.15) is 5.26 Å². The number of hydrogen-bond acceptors (Lipinski definition) is 4. The summed E-state index contributed by atoms with van der Waals surface area (Å²) in [6.07, 6.45) is 0. The average Bonchev–Trinajstić information content (AvgIpc) is 2.64. The van der Waals surface area contributed by atoms with Gasteiger partial charge in [-0.15, -0.1) is 0 Å². The number of nitriles is 1. The summed E-state index contributed by atoms with van der Waals surface area (Å²) < 4.78 is 27.0. The standard InChI is InChI=1S/C19H12Cl2N2O4S/c20-15-7-16(21)9-18(8-15)28(26,27)23(11-19(24)25)17-4-3-13-5-12(10-22)1-2-14(13)6-17/h1-9H,11H2,(H,24,25). The number of nitrogens with zero attached hydrogens (tertiary/aromatic N) is 2. The fraction of sp³-hybridized carbons (Fsp3) is 0.0526. The van der Waals surface area contributed by atoms with E-state index < -0.39 is 22.5 Å². The highest BCUT2D eigenvalue weighted by Crippen LogP contribution is 2.30. The van der Waals surface area contributed by atoms with Crippen LogP contribution in [0, 0.1) is 11.3 Å². The molecule has 0 aliphatic carbocycles. The normalized spacial score (nSPS) is 11.2. The van der Waals surface area contributed by atoms with E-state index in [1.807, 2.05) is 6.07 Å². The van der Waals surface area contributed by atoms with Crippen LogP contribution in [0.2, 0.25) is 10.0 Å². The number of anilines is 1. The van der Waals surface area contributed by atoms with Gasteiger partial charge in [0, 0.05) is 10.0 Å². The molecule has 1 N–H and O–H groups in total. The highest BCUT2D eigenvalue weighted by molar-refractivity contribution is 7.92. The van der Waals surface area contributed by atoms with Crippen LogP contribution in [0.1, 0.15) is 5.56 Å². The first-order chi connectivity index (χ1) is 13.2. The first kappa shape index (κ1) is 20.0. The highest BCUT2D eigenvalue weighted by atomic mass is 35.5. The zero-order valence-corrected chi connectivity index (χ0v) is 16.5. The first-order valence-electron chi connectivity index (χ1n) is 7.85. The molecule has 9 heteroatoms. The van der Waals surface area contributed by atoms with Gasteiger partial charge in [-0.1, -0.05) is 35.3 Å². The van der Waals surface area contributed by atoms with Crippen LogP contribution in [0.4, 0.5) is 5.69 Å². The lowest BCUT2D eigenvalue weighted by Gasteiger charge is -2.23. The Labute approximate surface area is 171 Å². The van der Waals surface area contributed by atoms with Crippen LogP contribution < -0.4 is 4.31 Å². The van der Waals surface area contributed by atoms with E-state index in [4.69, 9.17) is 28.5 Å². The predicted molar refractivity (Wildman–Crippen MR) is 107 cm³/mol. The van der Waals surface area contributed by atoms with Gasteiger partial charge in [0.1, 0.15) is 6.54 Å². The maximum absolute atomic E-state index is 13.1. The number of sulfonamides is 1. The molecule has 0 heterocycles. The Morgan fingerprint density at radius 2 is 1.61 bits per heavy atom. The van der Waals surface area contributed by atoms with Crippen LogP contribution in [-0.2, 0) is 14.8 Å². The largest absolute Gasteiger partial charge is 0.480 e. The smallest absolute Gasteiger partial charge is 0.324 e. The van der Waals surface area contributed by atoms with Crippen LogP contribution in [0.15, 0.2) is 59.5 Å². The summed E-state index contributed by atoms with van der Waals surface area (Å²) in [5.41, 5.74) is 0.625. The third-order valence-electron chi connectivity index (χ3n) is 3.94. The van der Waals surface area contributed by atoms with Crippen molar-refractivity contribution in [1.29, 1.82) is 5.26 Å². The molecule has 0 saturated carbocycles. The molecule has 3 aromatic rings. The van der Waals surface area contributed by atoms with Gasteiger partial charge < -0.3 is 5.11 Å². The molecule has 0 radical (unpaired) electrons. The molecule has 6 nitrogen and oxygen atoms in total. The molecule has 0 spiro atoms. The van der Waals surface area contributed by atoms with Crippen LogP contribution in [0.25, 0.3) is 10.8 Å². The SMILES string of the molecule is N#Cc1ccc2cc(N(CC(=O)O)S(=O)(=O)c3cc(Cl)cc(Cl)c3)ccc2c1. The lowest BCUT2D eigenvalue weighted by atomic mass is 10.1. The maximum atomic E-state index is 13.1. The molecule has 0 aromatic heterocycles. The Morgan fingerprint density at radius 1 is 1.00 bits per heavy atom. The summed E-state index contributed by atoms with van der Waals surface area (Å²) in [4.78, 5) is 11.1. The van der Waals surface area contributed by atoms with Crippen molar-refractivity contribution in [3.63, 3.8) is 0 Å². The molecule has 0 aliphatic heterocycles. The van der Waals surface area contributed by atoms with Gasteiger partial charge in [-0.3, -0.25) is 9.10 Å². The van der Waals surface area contributed by atoms with Gasteiger partial charge in [-0.05, 0) is 53.2 Å². The molecular weight excluding hydrogens is 423 g/mol. The fourth-order valence-electron chi connectivity index (χ4n) is 2.70. The van der Waals surface area contributed by atoms with Crippen LogP contribution >= 0.6 is 23.2 Å². The number of carboxylic acids is 1. The van der Waals surface area contributed by atoms with E-state index in [9.17, 15) is 18.3 Å². The summed E-state index contributed by atoms with van der Waals surface area (Å²) in [7, 11) is -4.24. The quantitative estimate of drug-likeness (QED) is 0.645. The number of hydrogen-bond donors (Lipinski definition) is 1. The van der Waals surface area contributed by atoms with E-state index >= 15 is 0 Å². The molecule has 0 fully saturated rings. The summed E-state index contributed by atoms with van der Waals surface area (Å²) in [5.74, 6) is -1.32. The molecule has 0 atom stereocenters. The third kappa shape index (κ3) is 4.04. The molecule has 3 aromatic carbocycles. The summed E-state index contributed by atoms with van der Waals surface area (Å²) in [6, 6.07) is 15.4. The number of rotatable bonds is 5. The third-order valence-corrected chi connectivity index (χ3v) is 6.13. The van der Waals surface area contributed by atoms with Crippen molar-refractivity contribution in [3.8, 4) is 6.07 Å². The van der Waals surface area contributed by atoms with E-state index in [2.05, 4.69) is 0 Å². The van der Waals surface area contributed by atoms with Crippen molar-refractivity contribution in [2.75, 3.05) is 10.8 Å². The summed E-state index contributed by atoms with van der Waals surface area (Å²) >= 11 is 11.8. The Morgan fingerprint density at radius 3 is 2.21 bits per heavy atom. The van der Waals surface area contributed by atoms with Crippen LogP contribution in [0.3, 0.4) is 0 Å². The average molecular weight is 435 g/mol. The zero-order chi connectivity index (χ0) is 20.5. The molecule has 3 rings (SSSR count). The predicted octanol–water partition coefficient (Wildman–Crippen LogP) is 4.30. The Hall–Kier alpha value is -2.79. The first-order valence-corrected chi connectivity index (χ1v) is 10.0. The number of aliphatic carboxylic acids is 1. The summed E-state index contributed by atoms with van der Waals surface area (Å²) in [5, 5.41) is 19.9. The highest BCUT2D eigenvalue weighted by Gasteiger charge is 2.28. The Balaban J connectivity index is 2.15. The Bertz CT molecular complexity index is 1220. The van der Waals surface area contributed by atoms with E-state index in [1.54, 1.807) is 30.3 Å². The fourth-order valence-corrected chi connectivity index (χ4v) is 4.83. The van der Waals surface area contributed by atoms with Crippen molar-refractivity contribution < 1.29 is 18.3 Å². The van der Waals surface area contributed by atoms with Crippen molar-refractivity contribution in [2.45, 2.75) is 4.90 Å². The van der Waals surface area contributed by atoms with Gasteiger partial charge in [0.25, 0.3) is 10.0 Å². The van der Waals surface area contributed by atoms with Gasteiger partial charge in [-0.25, -0.2) is 8.42 Å². The van der Waals surface area contributed by atoms with Crippen LogP contribution in [0.5, 0.6) is 0 Å². The minimum atomic E-state index is -4.24. The maximum Gasteiger partial charge on any atom is 0.324 e. The second-order valence-corrected chi connectivity index (χ2v) is 8.60. The number of halogens is 2. The van der Waals surface area contributed by atoms with Gasteiger partial charge in [0.05, 0.1) is 22.2 Å². The zero-order valence-electron chi connectivity index (χ0n) is 14.1. The molecule has 28 heavy (non-hydrogen) atoms. The second-order valence-electron chi connectivity index (χ2n) is 5.87. The molecule has 0 saturated heterocycles. The van der Waals surface area contributed by atoms with E-state index in [0.717, 1.165) is 9.69 Å². The van der Waals surface area contributed by atoms with Gasteiger partial charge in [0.15, 0.2) is 0 Å². The number of carbonyl (C=O) groups is 1. The Kier molecular flexibility index (Phi) is 5.47. The summed E-state index contributed by atoms with van der Waals surface area (Å²) in [6.45, 7) is -0.783. The van der Waals surface area contributed by atoms with E-state index in [0.29, 0.717) is 10.9 Å². The van der Waals surface area contributed by atoms with Gasteiger partial charge >= 0.3 is 5.97 Å². The van der Waals surface area contributed by atoms with E-state index in [1.165, 1.54) is 24.3 Å². The lowest BCUT2D eigenvalue weighted by molar-refractivity contribution is -0.135. The number of fused-ring (bicyclic) bond motifs is 1. The topological polar surface area (TPSA) is 98.5 Å². The molecule has 0 unspecified atom stereocenters. The van der Waals surface area contributed by atoms with Crippen molar-refractivity contribution in [3.05, 3.63) is 70.2 Å². The lowest BCUT2D eigenvalue weighted by Crippen LogP contribution is -2.35. The molecule has 142 valence electrons. The number of carboxylic acid groups (broad SMARTS) is 1. The molecule has 0 bridgehead atoms. The minimum absolute atomic E-state index is 0.115. The molecular formula is C19H12Cl2N2O4S. The molecule has 0 aliphatic rings. The minimum Gasteiger partial charge on any atom is -0.480 e. The number of benzene rings is 3. The van der Waals surface area contributed by atoms with E-state index in [-0.39, 0.29) is 20.6 Å². The van der Waals surface area contributed by atoms with Crippen molar-refractivity contribution in [1.82, 2.24) is 0 Å². The second kappa shape index (κ2) is 7.68. The van der Waals surface area contributed by atoms with Crippen molar-refractivity contribution >= 4 is 55.7 Å². The van der Waals surface area contributed by atoms with Crippen LogP contribution in [-0.4, -0.2) is 26.0 Å². The monoisotopic (exact) mass is 434 g/mol. The van der Waals surface area contributed by atoms with Crippen molar-refractivity contribution in [2.24, 2.45) is 0 Å².